The molecule has 116 valence electrons. The highest BCUT2D eigenvalue weighted by atomic mass is 32.2. The molecule has 3 N–H and O–H groups in total. The fourth-order valence-electron chi connectivity index (χ4n) is 3.83. The molecule has 0 aliphatic heterocycles. The Morgan fingerprint density at radius 2 is 1.60 bits per heavy atom. The van der Waals surface area contributed by atoms with Gasteiger partial charge in [-0.1, -0.05) is 38.5 Å². The van der Waals surface area contributed by atoms with Crippen molar-refractivity contribution < 1.29 is 4.79 Å². The molecule has 3 nitrogen and oxygen atoms in total. The molecule has 20 heavy (non-hydrogen) atoms. The largest absolute Gasteiger partial charge is 0.354 e. The van der Waals surface area contributed by atoms with Crippen LogP contribution in [-0.2, 0) is 4.79 Å². The van der Waals surface area contributed by atoms with E-state index in [4.69, 9.17) is 5.73 Å². The van der Waals surface area contributed by atoms with Crippen molar-refractivity contribution in [2.24, 2.45) is 11.1 Å². The zero-order valence-electron chi connectivity index (χ0n) is 12.9. The quantitative estimate of drug-likeness (QED) is 0.820. The molecule has 2 saturated carbocycles. The first-order chi connectivity index (χ1) is 9.66. The van der Waals surface area contributed by atoms with E-state index >= 15 is 0 Å². The fourth-order valence-corrected chi connectivity index (χ4v) is 4.74. The number of carbonyl (C=O) groups excluding carboxylic acids is 1. The van der Waals surface area contributed by atoms with E-state index in [9.17, 15) is 4.79 Å². The van der Waals surface area contributed by atoms with E-state index in [0.717, 1.165) is 32.2 Å². The van der Waals surface area contributed by atoms with Gasteiger partial charge in [0.05, 0.1) is 5.41 Å². The van der Waals surface area contributed by atoms with Crippen LogP contribution in [-0.4, -0.2) is 30.0 Å². The van der Waals surface area contributed by atoms with Gasteiger partial charge >= 0.3 is 0 Å². The van der Waals surface area contributed by atoms with Crippen LogP contribution in [0.4, 0.5) is 0 Å². The standard InChI is InChI=1S/C16H30N2OS/c1-20-16(10-6-3-7-11-16)13-18-14(19)15(12-17)8-4-2-5-9-15/h2-13,17H2,1H3,(H,18,19). The summed E-state index contributed by atoms with van der Waals surface area (Å²) >= 11 is 1.94. The molecule has 0 aromatic carbocycles. The van der Waals surface area contributed by atoms with Crippen molar-refractivity contribution in [2.75, 3.05) is 19.3 Å². The molecule has 2 aliphatic carbocycles. The molecule has 2 aliphatic rings. The average Bonchev–Trinajstić information content (AvgIpc) is 2.54. The molecule has 4 heteroatoms. The van der Waals surface area contributed by atoms with E-state index in [-0.39, 0.29) is 16.1 Å². The Labute approximate surface area is 127 Å². The third-order valence-electron chi connectivity index (χ3n) is 5.45. The summed E-state index contributed by atoms with van der Waals surface area (Å²) in [6, 6.07) is 0. The summed E-state index contributed by atoms with van der Waals surface area (Å²) in [4.78, 5) is 12.7. The Kier molecular flexibility index (Phi) is 5.79. The van der Waals surface area contributed by atoms with Gasteiger partial charge in [0.15, 0.2) is 0 Å². The predicted molar refractivity (Wildman–Crippen MR) is 86.9 cm³/mol. The fraction of sp³-hybridized carbons (Fsp3) is 0.938. The molecule has 2 fully saturated rings. The van der Waals surface area contributed by atoms with Crippen LogP contribution in [0.2, 0.25) is 0 Å². The third-order valence-corrected chi connectivity index (χ3v) is 6.87. The van der Waals surface area contributed by atoms with Gasteiger partial charge in [0, 0.05) is 17.8 Å². The van der Waals surface area contributed by atoms with Gasteiger partial charge in [0.2, 0.25) is 5.91 Å². The second kappa shape index (κ2) is 7.17. The Hall–Kier alpha value is -0.220. The van der Waals surface area contributed by atoms with Crippen molar-refractivity contribution in [3.63, 3.8) is 0 Å². The second-order valence-electron chi connectivity index (χ2n) is 6.68. The number of rotatable bonds is 5. The zero-order valence-corrected chi connectivity index (χ0v) is 13.7. The molecule has 0 radical (unpaired) electrons. The van der Waals surface area contributed by atoms with E-state index in [1.54, 1.807) is 0 Å². The Bertz CT molecular complexity index is 320. The number of amides is 1. The molecular formula is C16H30N2OS. The Morgan fingerprint density at radius 3 is 2.10 bits per heavy atom. The topological polar surface area (TPSA) is 55.1 Å². The highest BCUT2D eigenvalue weighted by Gasteiger charge is 2.39. The van der Waals surface area contributed by atoms with Crippen molar-refractivity contribution in [3.8, 4) is 0 Å². The van der Waals surface area contributed by atoms with Crippen LogP contribution in [0, 0.1) is 5.41 Å². The molecule has 0 heterocycles. The molecule has 0 unspecified atom stereocenters. The molecular weight excluding hydrogens is 268 g/mol. The van der Waals surface area contributed by atoms with Gasteiger partial charge in [-0.25, -0.2) is 0 Å². The van der Waals surface area contributed by atoms with Gasteiger partial charge in [-0.2, -0.15) is 11.8 Å². The maximum absolute atomic E-state index is 12.7. The van der Waals surface area contributed by atoms with E-state index in [2.05, 4.69) is 11.6 Å². The molecule has 0 saturated heterocycles. The SMILES string of the molecule is CSC1(CNC(=O)C2(CN)CCCCC2)CCCCC1. The van der Waals surface area contributed by atoms with Gasteiger partial charge in [-0.3, -0.25) is 4.79 Å². The van der Waals surface area contributed by atoms with Crippen molar-refractivity contribution in [3.05, 3.63) is 0 Å². The van der Waals surface area contributed by atoms with Gasteiger partial charge in [0.1, 0.15) is 0 Å². The van der Waals surface area contributed by atoms with E-state index < -0.39 is 0 Å². The highest BCUT2D eigenvalue weighted by Crippen LogP contribution is 2.39. The first-order valence-corrected chi connectivity index (χ1v) is 9.42. The van der Waals surface area contributed by atoms with Crippen LogP contribution >= 0.6 is 11.8 Å². The molecule has 0 aromatic rings. The predicted octanol–water partition coefficient (Wildman–Crippen LogP) is 3.08. The average molecular weight is 298 g/mol. The van der Waals surface area contributed by atoms with Crippen LogP contribution in [0.15, 0.2) is 0 Å². The lowest BCUT2D eigenvalue weighted by Gasteiger charge is -2.39. The molecule has 0 spiro atoms. The van der Waals surface area contributed by atoms with Crippen LogP contribution in [0.3, 0.4) is 0 Å². The number of hydrogen-bond donors (Lipinski definition) is 2. The Balaban J connectivity index is 1.92. The minimum absolute atomic E-state index is 0.221. The van der Waals surface area contributed by atoms with Crippen LogP contribution in [0.5, 0.6) is 0 Å². The third kappa shape index (κ3) is 3.51. The van der Waals surface area contributed by atoms with Crippen molar-refractivity contribution in [1.29, 1.82) is 0 Å². The summed E-state index contributed by atoms with van der Waals surface area (Å²) in [7, 11) is 0. The first kappa shape index (κ1) is 16.2. The smallest absolute Gasteiger partial charge is 0.227 e. The van der Waals surface area contributed by atoms with Gasteiger partial charge < -0.3 is 11.1 Å². The maximum Gasteiger partial charge on any atom is 0.227 e. The minimum Gasteiger partial charge on any atom is -0.354 e. The van der Waals surface area contributed by atoms with Gasteiger partial charge in [0.25, 0.3) is 0 Å². The van der Waals surface area contributed by atoms with Gasteiger partial charge in [-0.15, -0.1) is 0 Å². The van der Waals surface area contributed by atoms with E-state index in [1.165, 1.54) is 38.5 Å². The summed E-state index contributed by atoms with van der Waals surface area (Å²) in [6.07, 6.45) is 14.1. The monoisotopic (exact) mass is 298 g/mol. The van der Waals surface area contributed by atoms with Crippen LogP contribution in [0.1, 0.15) is 64.2 Å². The maximum atomic E-state index is 12.7. The summed E-state index contributed by atoms with van der Waals surface area (Å²) < 4.78 is 0.276. The van der Waals surface area contributed by atoms with Gasteiger partial charge in [-0.05, 0) is 31.9 Å². The lowest BCUT2D eigenvalue weighted by atomic mass is 9.73. The Morgan fingerprint density at radius 1 is 1.05 bits per heavy atom. The lowest BCUT2D eigenvalue weighted by molar-refractivity contribution is -0.132. The number of thioether (sulfide) groups is 1. The lowest BCUT2D eigenvalue weighted by Crippen LogP contribution is -2.51. The van der Waals surface area contributed by atoms with Crippen molar-refractivity contribution >= 4 is 17.7 Å². The summed E-state index contributed by atoms with van der Waals surface area (Å²) in [5, 5.41) is 3.27. The number of carbonyl (C=O) groups is 1. The number of nitrogens with two attached hydrogens (primary N) is 1. The van der Waals surface area contributed by atoms with Crippen LogP contribution < -0.4 is 11.1 Å². The van der Waals surface area contributed by atoms with Crippen LogP contribution in [0.25, 0.3) is 0 Å². The van der Waals surface area contributed by atoms with Crippen molar-refractivity contribution in [2.45, 2.75) is 69.0 Å². The number of hydrogen-bond acceptors (Lipinski definition) is 3. The van der Waals surface area contributed by atoms with E-state index in [1.807, 2.05) is 11.8 Å². The first-order valence-electron chi connectivity index (χ1n) is 8.20. The summed E-state index contributed by atoms with van der Waals surface area (Å²) in [5.41, 5.74) is 5.68. The zero-order chi connectivity index (χ0) is 14.5. The highest BCUT2D eigenvalue weighted by molar-refractivity contribution is 8.00. The minimum atomic E-state index is -0.271. The second-order valence-corrected chi connectivity index (χ2v) is 7.95. The van der Waals surface area contributed by atoms with Crippen molar-refractivity contribution in [1.82, 2.24) is 5.32 Å². The summed E-state index contributed by atoms with van der Waals surface area (Å²) in [6.45, 7) is 1.33. The molecule has 2 rings (SSSR count). The molecule has 0 bridgehead atoms. The van der Waals surface area contributed by atoms with E-state index in [0.29, 0.717) is 6.54 Å². The molecule has 1 amide bonds. The molecule has 0 aromatic heterocycles. The molecule has 0 atom stereocenters. The normalized spacial score (nSPS) is 25.1. The summed E-state index contributed by atoms with van der Waals surface area (Å²) in [5.74, 6) is 0.221. The number of nitrogens with one attached hydrogen (secondary N) is 1.